The number of rotatable bonds is 6. The molecule has 0 saturated heterocycles. The Morgan fingerprint density at radius 1 is 1.30 bits per heavy atom. The highest BCUT2D eigenvalue weighted by molar-refractivity contribution is 5.31. The van der Waals surface area contributed by atoms with Crippen molar-refractivity contribution in [1.29, 1.82) is 0 Å². The van der Waals surface area contributed by atoms with Crippen LogP contribution in [0.25, 0.3) is 5.69 Å². The fourth-order valence-corrected chi connectivity index (χ4v) is 2.88. The van der Waals surface area contributed by atoms with Gasteiger partial charge in [0.1, 0.15) is 0 Å². The van der Waals surface area contributed by atoms with Crippen molar-refractivity contribution in [3.05, 3.63) is 48.3 Å². The van der Waals surface area contributed by atoms with Gasteiger partial charge in [0.15, 0.2) is 0 Å². The minimum atomic E-state index is 0.447. The average Bonchev–Trinajstić information content (AvgIpc) is 2.92. The molecule has 1 aromatic carbocycles. The first-order valence-electron chi connectivity index (χ1n) is 7.70. The van der Waals surface area contributed by atoms with Gasteiger partial charge in [-0.3, -0.25) is 0 Å². The van der Waals surface area contributed by atoms with E-state index in [-0.39, 0.29) is 0 Å². The summed E-state index contributed by atoms with van der Waals surface area (Å²) < 4.78 is 1.97. The van der Waals surface area contributed by atoms with Crippen LogP contribution in [0.4, 0.5) is 0 Å². The molecule has 1 aromatic heterocycles. The maximum absolute atomic E-state index is 4.52. The van der Waals surface area contributed by atoms with Crippen LogP contribution in [0.15, 0.2) is 42.7 Å². The summed E-state index contributed by atoms with van der Waals surface area (Å²) in [6, 6.07) is 10.8. The van der Waals surface area contributed by atoms with E-state index < -0.39 is 0 Å². The van der Waals surface area contributed by atoms with Gasteiger partial charge in [-0.15, -0.1) is 0 Å². The van der Waals surface area contributed by atoms with Gasteiger partial charge in [0, 0.05) is 17.8 Å². The molecule has 3 heteroatoms. The summed E-state index contributed by atoms with van der Waals surface area (Å²) in [6.07, 6.45) is 9.63. The standard InChI is InChI=1S/C17H23N3/c1-2-18-17(11-14-7-6-8-14)15-12-19-20(13-15)16-9-4-3-5-10-16/h3-5,9-10,12-14,17-18H,2,6-8,11H2,1H3. The van der Waals surface area contributed by atoms with Crippen LogP contribution in [0.3, 0.4) is 0 Å². The third kappa shape index (κ3) is 2.93. The van der Waals surface area contributed by atoms with Crippen LogP contribution in [0, 0.1) is 5.92 Å². The highest BCUT2D eigenvalue weighted by Gasteiger charge is 2.23. The maximum atomic E-state index is 4.52. The molecular formula is C17H23N3. The molecule has 106 valence electrons. The lowest BCUT2D eigenvalue weighted by atomic mass is 9.80. The molecule has 0 radical (unpaired) electrons. The Hall–Kier alpha value is -1.61. The lowest BCUT2D eigenvalue weighted by Gasteiger charge is -2.29. The zero-order valence-electron chi connectivity index (χ0n) is 12.1. The number of para-hydroxylation sites is 1. The van der Waals surface area contributed by atoms with Gasteiger partial charge in [0.2, 0.25) is 0 Å². The first kappa shape index (κ1) is 13.4. The Morgan fingerprint density at radius 2 is 2.10 bits per heavy atom. The summed E-state index contributed by atoms with van der Waals surface area (Å²) in [7, 11) is 0. The van der Waals surface area contributed by atoms with E-state index in [0.717, 1.165) is 18.2 Å². The van der Waals surface area contributed by atoms with Crippen molar-refractivity contribution in [3.8, 4) is 5.69 Å². The van der Waals surface area contributed by atoms with Crippen molar-refractivity contribution in [2.75, 3.05) is 6.54 Å². The van der Waals surface area contributed by atoms with Crippen molar-refractivity contribution >= 4 is 0 Å². The van der Waals surface area contributed by atoms with Crippen molar-refractivity contribution in [1.82, 2.24) is 15.1 Å². The third-order valence-corrected chi connectivity index (χ3v) is 4.27. The fourth-order valence-electron chi connectivity index (χ4n) is 2.88. The molecule has 0 amide bonds. The number of hydrogen-bond acceptors (Lipinski definition) is 2. The van der Waals surface area contributed by atoms with Crippen LogP contribution in [-0.4, -0.2) is 16.3 Å². The van der Waals surface area contributed by atoms with Gasteiger partial charge in [-0.1, -0.05) is 44.4 Å². The Kier molecular flexibility index (Phi) is 4.16. The van der Waals surface area contributed by atoms with E-state index in [1.807, 2.05) is 29.1 Å². The SMILES string of the molecule is CCNC(CC1CCC1)c1cnn(-c2ccccc2)c1. The molecular weight excluding hydrogens is 246 g/mol. The summed E-state index contributed by atoms with van der Waals surface area (Å²) in [5.74, 6) is 0.902. The molecule has 1 atom stereocenters. The molecule has 1 aliphatic carbocycles. The Balaban J connectivity index is 1.75. The molecule has 0 spiro atoms. The zero-order valence-corrected chi connectivity index (χ0v) is 12.1. The van der Waals surface area contributed by atoms with E-state index in [2.05, 4.69) is 35.7 Å². The van der Waals surface area contributed by atoms with Gasteiger partial charge in [0.05, 0.1) is 11.9 Å². The van der Waals surface area contributed by atoms with Crippen LogP contribution in [0.5, 0.6) is 0 Å². The average molecular weight is 269 g/mol. The van der Waals surface area contributed by atoms with Crippen molar-refractivity contribution in [2.24, 2.45) is 5.92 Å². The highest BCUT2D eigenvalue weighted by atomic mass is 15.3. The van der Waals surface area contributed by atoms with E-state index >= 15 is 0 Å². The summed E-state index contributed by atoms with van der Waals surface area (Å²) in [4.78, 5) is 0. The fraction of sp³-hybridized carbons (Fsp3) is 0.471. The van der Waals surface area contributed by atoms with E-state index in [1.165, 1.54) is 31.2 Å². The molecule has 2 aromatic rings. The second-order valence-electron chi connectivity index (χ2n) is 5.70. The second-order valence-corrected chi connectivity index (χ2v) is 5.70. The van der Waals surface area contributed by atoms with Gasteiger partial charge in [-0.25, -0.2) is 4.68 Å². The van der Waals surface area contributed by atoms with Crippen molar-refractivity contribution < 1.29 is 0 Å². The van der Waals surface area contributed by atoms with Gasteiger partial charge >= 0.3 is 0 Å². The quantitative estimate of drug-likeness (QED) is 0.866. The first-order chi connectivity index (χ1) is 9.86. The first-order valence-corrected chi connectivity index (χ1v) is 7.70. The summed E-state index contributed by atoms with van der Waals surface area (Å²) in [6.45, 7) is 3.18. The molecule has 1 heterocycles. The second kappa shape index (κ2) is 6.23. The molecule has 1 unspecified atom stereocenters. The normalized spacial score (nSPS) is 16.9. The predicted octanol–water partition coefficient (Wildman–Crippen LogP) is 3.71. The van der Waals surface area contributed by atoms with Crippen LogP contribution >= 0.6 is 0 Å². The van der Waals surface area contributed by atoms with Gasteiger partial charge < -0.3 is 5.32 Å². The van der Waals surface area contributed by atoms with Gasteiger partial charge in [-0.2, -0.15) is 5.10 Å². The van der Waals surface area contributed by atoms with Crippen LogP contribution < -0.4 is 5.32 Å². The summed E-state index contributed by atoms with van der Waals surface area (Å²) in [5.41, 5.74) is 2.43. The minimum absolute atomic E-state index is 0.447. The van der Waals surface area contributed by atoms with Crippen LogP contribution in [0.2, 0.25) is 0 Å². The van der Waals surface area contributed by atoms with Crippen molar-refractivity contribution in [2.45, 2.75) is 38.6 Å². The van der Waals surface area contributed by atoms with Crippen LogP contribution in [0.1, 0.15) is 44.2 Å². The van der Waals surface area contributed by atoms with E-state index in [0.29, 0.717) is 6.04 Å². The number of nitrogens with one attached hydrogen (secondary N) is 1. The molecule has 0 aliphatic heterocycles. The molecule has 20 heavy (non-hydrogen) atoms. The topological polar surface area (TPSA) is 29.9 Å². The smallest absolute Gasteiger partial charge is 0.0645 e. The molecule has 1 N–H and O–H groups in total. The lowest BCUT2D eigenvalue weighted by molar-refractivity contribution is 0.262. The minimum Gasteiger partial charge on any atom is -0.310 e. The molecule has 1 fully saturated rings. The van der Waals surface area contributed by atoms with Crippen LogP contribution in [-0.2, 0) is 0 Å². The number of hydrogen-bond donors (Lipinski definition) is 1. The Labute approximate surface area is 121 Å². The van der Waals surface area contributed by atoms with Gasteiger partial charge in [0.25, 0.3) is 0 Å². The highest BCUT2D eigenvalue weighted by Crippen LogP contribution is 2.34. The molecule has 3 nitrogen and oxygen atoms in total. The number of aromatic nitrogens is 2. The third-order valence-electron chi connectivity index (χ3n) is 4.27. The maximum Gasteiger partial charge on any atom is 0.0645 e. The molecule has 1 saturated carbocycles. The van der Waals surface area contributed by atoms with E-state index in [9.17, 15) is 0 Å². The zero-order chi connectivity index (χ0) is 13.8. The monoisotopic (exact) mass is 269 g/mol. The summed E-state index contributed by atoms with van der Waals surface area (Å²) >= 11 is 0. The Bertz CT molecular complexity index is 528. The Morgan fingerprint density at radius 3 is 2.75 bits per heavy atom. The predicted molar refractivity (Wildman–Crippen MR) is 81.9 cm³/mol. The van der Waals surface area contributed by atoms with E-state index in [4.69, 9.17) is 0 Å². The van der Waals surface area contributed by atoms with Gasteiger partial charge in [-0.05, 0) is 31.0 Å². The summed E-state index contributed by atoms with van der Waals surface area (Å²) in [5, 5.41) is 8.13. The molecule has 3 rings (SSSR count). The molecule has 0 bridgehead atoms. The van der Waals surface area contributed by atoms with E-state index in [1.54, 1.807) is 0 Å². The van der Waals surface area contributed by atoms with Crippen molar-refractivity contribution in [3.63, 3.8) is 0 Å². The lowest BCUT2D eigenvalue weighted by Crippen LogP contribution is -2.25. The largest absolute Gasteiger partial charge is 0.310 e. The number of benzene rings is 1. The number of nitrogens with zero attached hydrogens (tertiary/aromatic N) is 2. The molecule has 1 aliphatic rings.